The predicted octanol–water partition coefficient (Wildman–Crippen LogP) is 3.34. The monoisotopic (exact) mass is 339 g/mol. The summed E-state index contributed by atoms with van der Waals surface area (Å²) in [6.07, 6.45) is 1.81. The van der Waals surface area contributed by atoms with Crippen molar-refractivity contribution in [3.63, 3.8) is 0 Å². The van der Waals surface area contributed by atoms with Crippen LogP contribution in [0, 0.1) is 0 Å². The summed E-state index contributed by atoms with van der Waals surface area (Å²) < 4.78 is 6.27. The molecular weight excluding hydrogens is 322 g/mol. The number of methoxy groups -OCH3 is 1. The molecule has 1 aromatic heterocycles. The van der Waals surface area contributed by atoms with Crippen LogP contribution in [0.3, 0.4) is 0 Å². The second-order valence-corrected chi connectivity index (χ2v) is 6.11. The lowest BCUT2D eigenvalue weighted by Crippen LogP contribution is -2.07. The maximum absolute atomic E-state index is 11.6. The van der Waals surface area contributed by atoms with Gasteiger partial charge in [-0.15, -0.1) is 0 Å². The van der Waals surface area contributed by atoms with E-state index in [1.165, 1.54) is 23.5 Å². The van der Waals surface area contributed by atoms with Crippen molar-refractivity contribution in [1.29, 1.82) is 0 Å². The first-order valence-corrected chi connectivity index (χ1v) is 8.36. The summed E-state index contributed by atoms with van der Waals surface area (Å²) in [6.45, 7) is 0. The molecule has 1 heterocycles. The highest BCUT2D eigenvalue weighted by molar-refractivity contribution is 7.98. The minimum Gasteiger partial charge on any atom is -0.465 e. The quantitative estimate of drug-likeness (QED) is 0.438. The standard InChI is InChI=1S/C18H17N3O2S/c1-23-17(22)15-9-5-6-13(10-15)12-24-18-20-16(11-21(18)19)14-7-3-2-4-8-14/h2-11H,12,19H2,1H3. The molecule has 0 amide bonds. The van der Waals surface area contributed by atoms with Crippen LogP contribution in [0.5, 0.6) is 0 Å². The van der Waals surface area contributed by atoms with Crippen molar-refractivity contribution in [2.75, 3.05) is 13.0 Å². The number of imidazole rings is 1. The minimum atomic E-state index is -0.339. The Bertz CT molecular complexity index is 846. The number of carbonyl (C=O) groups excluding carboxylic acids is 1. The Morgan fingerprint density at radius 3 is 2.75 bits per heavy atom. The van der Waals surface area contributed by atoms with Gasteiger partial charge in [-0.25, -0.2) is 14.5 Å². The molecule has 0 aliphatic carbocycles. The van der Waals surface area contributed by atoms with Crippen molar-refractivity contribution in [3.8, 4) is 11.3 Å². The maximum Gasteiger partial charge on any atom is 0.337 e. The van der Waals surface area contributed by atoms with E-state index in [4.69, 9.17) is 10.6 Å². The molecule has 122 valence electrons. The highest BCUT2D eigenvalue weighted by Gasteiger charge is 2.10. The third kappa shape index (κ3) is 3.60. The van der Waals surface area contributed by atoms with Crippen molar-refractivity contribution in [3.05, 3.63) is 71.9 Å². The van der Waals surface area contributed by atoms with Gasteiger partial charge in [-0.3, -0.25) is 0 Å². The molecule has 3 aromatic rings. The average Bonchev–Trinajstić information content (AvgIpc) is 3.01. The van der Waals surface area contributed by atoms with E-state index < -0.39 is 0 Å². The van der Waals surface area contributed by atoms with Crippen LogP contribution in [-0.2, 0) is 10.5 Å². The van der Waals surface area contributed by atoms with Gasteiger partial charge >= 0.3 is 5.97 Å². The van der Waals surface area contributed by atoms with Gasteiger partial charge in [0.05, 0.1) is 24.6 Å². The lowest BCUT2D eigenvalue weighted by atomic mass is 10.1. The number of rotatable bonds is 5. The van der Waals surface area contributed by atoms with E-state index >= 15 is 0 Å². The highest BCUT2D eigenvalue weighted by Crippen LogP contribution is 2.25. The zero-order chi connectivity index (χ0) is 16.9. The number of hydrogen-bond donors (Lipinski definition) is 1. The van der Waals surface area contributed by atoms with Crippen LogP contribution >= 0.6 is 11.8 Å². The number of thioether (sulfide) groups is 1. The Morgan fingerprint density at radius 1 is 1.21 bits per heavy atom. The molecule has 0 unspecified atom stereocenters. The van der Waals surface area contributed by atoms with Crippen LogP contribution in [0.1, 0.15) is 15.9 Å². The first kappa shape index (κ1) is 16.1. The van der Waals surface area contributed by atoms with Gasteiger partial charge in [-0.05, 0) is 17.7 Å². The summed E-state index contributed by atoms with van der Waals surface area (Å²) in [7, 11) is 1.38. The fourth-order valence-electron chi connectivity index (χ4n) is 2.29. The number of esters is 1. The second kappa shape index (κ2) is 7.23. The number of nitrogens with zero attached hydrogens (tertiary/aromatic N) is 2. The van der Waals surface area contributed by atoms with Gasteiger partial charge in [0.2, 0.25) is 0 Å². The second-order valence-electron chi connectivity index (χ2n) is 5.16. The van der Waals surface area contributed by atoms with Crippen molar-refractivity contribution in [1.82, 2.24) is 9.66 Å². The third-order valence-electron chi connectivity index (χ3n) is 3.48. The highest BCUT2D eigenvalue weighted by atomic mass is 32.2. The van der Waals surface area contributed by atoms with Gasteiger partial charge in [-0.2, -0.15) is 0 Å². The largest absolute Gasteiger partial charge is 0.465 e. The number of nitrogens with two attached hydrogens (primary N) is 1. The summed E-state index contributed by atoms with van der Waals surface area (Å²) in [5, 5.41) is 0.720. The summed E-state index contributed by atoms with van der Waals surface area (Å²) in [4.78, 5) is 16.2. The van der Waals surface area contributed by atoms with Gasteiger partial charge in [0.25, 0.3) is 0 Å². The van der Waals surface area contributed by atoms with Gasteiger partial charge in [-0.1, -0.05) is 54.2 Å². The molecule has 0 radical (unpaired) electrons. The first-order chi connectivity index (χ1) is 11.7. The summed E-state index contributed by atoms with van der Waals surface area (Å²) in [5.74, 6) is 6.32. The van der Waals surface area contributed by atoms with Crippen LogP contribution in [0.25, 0.3) is 11.3 Å². The van der Waals surface area contributed by atoms with Crippen molar-refractivity contribution in [2.45, 2.75) is 10.9 Å². The average molecular weight is 339 g/mol. The fourth-order valence-corrected chi connectivity index (χ4v) is 3.13. The Hall–Kier alpha value is -2.73. The van der Waals surface area contributed by atoms with E-state index in [0.29, 0.717) is 11.3 Å². The summed E-state index contributed by atoms with van der Waals surface area (Å²) in [5.41, 5.74) is 3.41. The van der Waals surface area contributed by atoms with Crippen LogP contribution < -0.4 is 5.84 Å². The molecule has 0 atom stereocenters. The van der Waals surface area contributed by atoms with Gasteiger partial charge < -0.3 is 10.6 Å². The van der Waals surface area contributed by atoms with E-state index in [2.05, 4.69) is 4.98 Å². The zero-order valence-electron chi connectivity index (χ0n) is 13.2. The predicted molar refractivity (Wildman–Crippen MR) is 95.2 cm³/mol. The normalized spacial score (nSPS) is 10.5. The Morgan fingerprint density at radius 2 is 2.00 bits per heavy atom. The molecule has 3 rings (SSSR count). The number of ether oxygens (including phenoxy) is 1. The van der Waals surface area contributed by atoms with Crippen LogP contribution in [-0.4, -0.2) is 22.7 Å². The molecule has 0 aliphatic heterocycles. The maximum atomic E-state index is 11.6. The molecule has 2 N–H and O–H groups in total. The summed E-state index contributed by atoms with van der Waals surface area (Å²) in [6, 6.07) is 17.2. The molecule has 6 heteroatoms. The molecule has 0 spiro atoms. The molecule has 0 bridgehead atoms. The molecule has 0 saturated heterocycles. The Balaban J connectivity index is 1.74. The van der Waals surface area contributed by atoms with Gasteiger partial charge in [0, 0.05) is 11.3 Å². The van der Waals surface area contributed by atoms with Crippen LogP contribution in [0.4, 0.5) is 0 Å². The van der Waals surface area contributed by atoms with E-state index in [-0.39, 0.29) is 5.97 Å². The van der Waals surface area contributed by atoms with E-state index in [0.717, 1.165) is 22.0 Å². The van der Waals surface area contributed by atoms with Crippen molar-refractivity contribution in [2.24, 2.45) is 0 Å². The summed E-state index contributed by atoms with van der Waals surface area (Å²) >= 11 is 1.52. The number of nitrogen functional groups attached to an aromatic ring is 1. The zero-order valence-corrected chi connectivity index (χ0v) is 14.0. The minimum absolute atomic E-state index is 0.339. The van der Waals surface area contributed by atoms with Crippen LogP contribution in [0.2, 0.25) is 0 Å². The van der Waals surface area contributed by atoms with Crippen LogP contribution in [0.15, 0.2) is 66.0 Å². The van der Waals surface area contributed by atoms with E-state index in [1.54, 1.807) is 6.07 Å². The topological polar surface area (TPSA) is 70.1 Å². The Kier molecular flexibility index (Phi) is 4.86. The van der Waals surface area contributed by atoms with E-state index in [1.807, 2.05) is 54.7 Å². The molecule has 24 heavy (non-hydrogen) atoms. The molecule has 0 fully saturated rings. The van der Waals surface area contributed by atoms with Gasteiger partial charge in [0.1, 0.15) is 0 Å². The first-order valence-electron chi connectivity index (χ1n) is 7.37. The molecule has 5 nitrogen and oxygen atoms in total. The molecule has 0 aliphatic rings. The lowest BCUT2D eigenvalue weighted by molar-refractivity contribution is 0.0600. The van der Waals surface area contributed by atoms with Crippen molar-refractivity contribution < 1.29 is 9.53 Å². The van der Waals surface area contributed by atoms with E-state index in [9.17, 15) is 4.79 Å². The number of aromatic nitrogens is 2. The molecule has 2 aromatic carbocycles. The number of benzene rings is 2. The molecule has 0 saturated carbocycles. The number of carbonyl (C=O) groups is 1. The fraction of sp³-hybridized carbons (Fsp3) is 0.111. The van der Waals surface area contributed by atoms with Gasteiger partial charge in [0.15, 0.2) is 5.16 Å². The SMILES string of the molecule is COC(=O)c1cccc(CSc2nc(-c3ccccc3)cn2N)c1. The Labute approximate surface area is 144 Å². The number of hydrogen-bond acceptors (Lipinski definition) is 5. The lowest BCUT2D eigenvalue weighted by Gasteiger charge is -2.04. The smallest absolute Gasteiger partial charge is 0.337 e. The molecular formula is C18H17N3O2S. The third-order valence-corrected chi connectivity index (χ3v) is 4.52. The van der Waals surface area contributed by atoms with Crippen molar-refractivity contribution >= 4 is 17.7 Å².